The van der Waals surface area contributed by atoms with E-state index in [0.29, 0.717) is 19.4 Å². The minimum Gasteiger partial charge on any atom is -0.466 e. The van der Waals surface area contributed by atoms with E-state index in [1.165, 1.54) is 134 Å². The minimum atomic E-state index is -0.0477. The summed E-state index contributed by atoms with van der Waals surface area (Å²) in [6.45, 7) is 12.3. The van der Waals surface area contributed by atoms with Crippen LogP contribution in [0, 0.1) is 0 Å². The summed E-state index contributed by atoms with van der Waals surface area (Å²) in [7, 11) is 0. The molecule has 1 aliphatic rings. The van der Waals surface area contributed by atoms with E-state index in [9.17, 15) is 14.4 Å². The van der Waals surface area contributed by atoms with Gasteiger partial charge in [-0.1, -0.05) is 174 Å². The summed E-state index contributed by atoms with van der Waals surface area (Å²) in [5.74, 6) is 0.824. The summed E-state index contributed by atoms with van der Waals surface area (Å²) >= 11 is 1.48. The van der Waals surface area contributed by atoms with Crippen molar-refractivity contribution in [2.45, 2.75) is 239 Å². The highest BCUT2D eigenvalue weighted by Crippen LogP contribution is 2.19. The third kappa shape index (κ3) is 35.6. The average Bonchev–Trinajstić information content (AvgIpc) is 4.01. The molecule has 0 bridgehead atoms. The molecule has 0 saturated carbocycles. The van der Waals surface area contributed by atoms with E-state index < -0.39 is 0 Å². The van der Waals surface area contributed by atoms with Crippen molar-refractivity contribution < 1.29 is 23.9 Å². The Hall–Kier alpha value is -1.28. The van der Waals surface area contributed by atoms with Crippen molar-refractivity contribution in [2.24, 2.45) is 0 Å². The Kier molecular flexibility index (Phi) is 37.2. The number of esters is 2. The van der Waals surface area contributed by atoms with Gasteiger partial charge in [-0.25, -0.2) is 0 Å². The number of hydrogen-bond acceptors (Lipinski definition) is 7. The lowest BCUT2D eigenvalue weighted by Gasteiger charge is -2.22. The SMILES string of the molecule is CCCCCCCCCOC(=O)CCCCCCCN(CCCCCCCC(=O)OC(CCCCCCCC)CCCCCCCC)C(=O)SCCN1CC1. The van der Waals surface area contributed by atoms with E-state index in [0.717, 1.165) is 115 Å². The average molecular weight is 795 g/mol. The normalized spacial score (nSPS) is 12.7. The summed E-state index contributed by atoms with van der Waals surface area (Å²) in [5, 5.41) is 0.227. The van der Waals surface area contributed by atoms with Gasteiger partial charge in [0.05, 0.1) is 6.61 Å². The summed E-state index contributed by atoms with van der Waals surface area (Å²) in [6, 6.07) is 0. The van der Waals surface area contributed by atoms with Crippen LogP contribution >= 0.6 is 11.8 Å². The van der Waals surface area contributed by atoms with E-state index in [4.69, 9.17) is 9.47 Å². The van der Waals surface area contributed by atoms with Crippen LogP contribution in [-0.2, 0) is 19.1 Å². The van der Waals surface area contributed by atoms with Crippen LogP contribution in [-0.4, -0.2) is 78.2 Å². The van der Waals surface area contributed by atoms with Gasteiger partial charge in [0.1, 0.15) is 6.10 Å². The second-order valence-electron chi connectivity index (χ2n) is 16.5. The molecule has 1 saturated heterocycles. The Bertz CT molecular complexity index is 869. The van der Waals surface area contributed by atoms with Gasteiger partial charge < -0.3 is 14.4 Å². The molecule has 7 nitrogen and oxygen atoms in total. The van der Waals surface area contributed by atoms with E-state index in [1.54, 1.807) is 0 Å². The smallest absolute Gasteiger partial charge is 0.306 e. The molecule has 0 atom stereocenters. The number of amides is 1. The summed E-state index contributed by atoms with van der Waals surface area (Å²) < 4.78 is 11.5. The summed E-state index contributed by atoms with van der Waals surface area (Å²) in [5.41, 5.74) is 0. The molecule has 55 heavy (non-hydrogen) atoms. The van der Waals surface area contributed by atoms with Gasteiger partial charge in [0.2, 0.25) is 0 Å². The number of hydrogen-bond donors (Lipinski definition) is 0. The zero-order chi connectivity index (χ0) is 39.9. The zero-order valence-electron chi connectivity index (χ0n) is 36.7. The molecule has 0 spiro atoms. The zero-order valence-corrected chi connectivity index (χ0v) is 37.5. The standard InChI is InChI=1S/C47H90N2O5S/c1-4-7-10-13-16-25-32-42-53-45(50)35-28-21-17-23-30-37-49(47(52)55-43-41-48-39-40-48)38-31-24-18-22-29-36-46(51)54-44(33-26-19-14-11-8-5-2)34-27-20-15-12-9-6-3/h44H,4-43H2,1-3H3. The molecule has 1 aliphatic heterocycles. The first-order chi connectivity index (χ1) is 27.0. The maximum absolute atomic E-state index is 13.1. The number of unbranched alkanes of at least 4 members (excludes halogenated alkanes) is 24. The van der Waals surface area contributed by atoms with Crippen molar-refractivity contribution in [1.82, 2.24) is 9.80 Å². The number of carbonyl (C=O) groups is 3. The van der Waals surface area contributed by atoms with Crippen molar-refractivity contribution in [1.29, 1.82) is 0 Å². The Morgan fingerprint density at radius 1 is 0.527 bits per heavy atom. The van der Waals surface area contributed by atoms with Crippen molar-refractivity contribution in [3.8, 4) is 0 Å². The monoisotopic (exact) mass is 795 g/mol. The molecule has 324 valence electrons. The van der Waals surface area contributed by atoms with Crippen LogP contribution in [0.1, 0.15) is 233 Å². The lowest BCUT2D eigenvalue weighted by atomic mass is 10.0. The molecule has 0 aromatic heterocycles. The van der Waals surface area contributed by atoms with Crippen LogP contribution in [0.15, 0.2) is 0 Å². The van der Waals surface area contributed by atoms with Crippen LogP contribution in [0.2, 0.25) is 0 Å². The Morgan fingerprint density at radius 2 is 0.945 bits per heavy atom. The van der Waals surface area contributed by atoms with E-state index in [1.807, 2.05) is 0 Å². The summed E-state index contributed by atoms with van der Waals surface area (Å²) in [6.07, 6.45) is 37.4. The minimum absolute atomic E-state index is 0.00276. The molecule has 0 aliphatic carbocycles. The van der Waals surface area contributed by atoms with Gasteiger partial charge in [-0.2, -0.15) is 0 Å². The molecule has 0 radical (unpaired) electrons. The van der Waals surface area contributed by atoms with Gasteiger partial charge in [0, 0.05) is 51.3 Å². The summed E-state index contributed by atoms with van der Waals surface area (Å²) in [4.78, 5) is 42.5. The Balaban J connectivity index is 2.25. The van der Waals surface area contributed by atoms with Crippen LogP contribution in [0.4, 0.5) is 4.79 Å². The highest BCUT2D eigenvalue weighted by Gasteiger charge is 2.19. The first-order valence-corrected chi connectivity index (χ1v) is 25.0. The molecule has 8 heteroatoms. The quantitative estimate of drug-likeness (QED) is 0.0346. The van der Waals surface area contributed by atoms with E-state index in [2.05, 4.69) is 30.6 Å². The first kappa shape index (κ1) is 51.7. The fourth-order valence-electron chi connectivity index (χ4n) is 7.28. The number of thioether (sulfide) groups is 1. The van der Waals surface area contributed by atoms with Gasteiger partial charge in [-0.15, -0.1) is 0 Å². The largest absolute Gasteiger partial charge is 0.466 e. The molecule has 0 aromatic rings. The van der Waals surface area contributed by atoms with Crippen molar-refractivity contribution in [3.63, 3.8) is 0 Å². The van der Waals surface area contributed by atoms with Crippen LogP contribution in [0.3, 0.4) is 0 Å². The molecule has 0 N–H and O–H groups in total. The molecule has 1 amide bonds. The number of ether oxygens (including phenoxy) is 2. The fraction of sp³-hybridized carbons (Fsp3) is 0.936. The lowest BCUT2D eigenvalue weighted by molar-refractivity contribution is -0.150. The highest BCUT2D eigenvalue weighted by molar-refractivity contribution is 8.13. The van der Waals surface area contributed by atoms with Gasteiger partial charge in [0.15, 0.2) is 0 Å². The third-order valence-electron chi connectivity index (χ3n) is 11.1. The maximum Gasteiger partial charge on any atom is 0.306 e. The van der Waals surface area contributed by atoms with Gasteiger partial charge >= 0.3 is 11.9 Å². The lowest BCUT2D eigenvalue weighted by Crippen LogP contribution is -2.30. The molecule has 1 heterocycles. The van der Waals surface area contributed by atoms with Gasteiger partial charge in [-0.3, -0.25) is 19.3 Å². The number of rotatable bonds is 42. The van der Waals surface area contributed by atoms with Gasteiger partial charge in [-0.05, 0) is 57.8 Å². The predicted molar refractivity (Wildman–Crippen MR) is 236 cm³/mol. The second-order valence-corrected chi connectivity index (χ2v) is 17.6. The third-order valence-corrected chi connectivity index (χ3v) is 12.0. The highest BCUT2D eigenvalue weighted by atomic mass is 32.2. The molecule has 1 rings (SSSR count). The molecule has 0 aromatic carbocycles. The first-order valence-electron chi connectivity index (χ1n) is 24.0. The number of nitrogens with zero attached hydrogens (tertiary/aromatic N) is 2. The fourth-order valence-corrected chi connectivity index (χ4v) is 8.16. The van der Waals surface area contributed by atoms with Gasteiger partial charge in [0.25, 0.3) is 5.24 Å². The molecule has 1 fully saturated rings. The Morgan fingerprint density at radius 3 is 1.44 bits per heavy atom. The molecular formula is C47H90N2O5S. The Labute approximate surface area is 345 Å². The number of carbonyl (C=O) groups excluding carboxylic acids is 3. The predicted octanol–water partition coefficient (Wildman–Crippen LogP) is 13.8. The van der Waals surface area contributed by atoms with Crippen molar-refractivity contribution in [3.05, 3.63) is 0 Å². The molecule has 0 unspecified atom stereocenters. The van der Waals surface area contributed by atoms with E-state index >= 15 is 0 Å². The van der Waals surface area contributed by atoms with Crippen LogP contribution in [0.5, 0.6) is 0 Å². The van der Waals surface area contributed by atoms with Crippen molar-refractivity contribution in [2.75, 3.05) is 45.1 Å². The van der Waals surface area contributed by atoms with E-state index in [-0.39, 0.29) is 23.3 Å². The van der Waals surface area contributed by atoms with Crippen LogP contribution < -0.4 is 0 Å². The van der Waals surface area contributed by atoms with Crippen LogP contribution in [0.25, 0.3) is 0 Å². The topological polar surface area (TPSA) is 75.9 Å². The second kappa shape index (κ2) is 39.5. The van der Waals surface area contributed by atoms with Crippen molar-refractivity contribution >= 4 is 28.9 Å². The maximum atomic E-state index is 13.1. The molecular weight excluding hydrogens is 705 g/mol.